The fourth-order valence-electron chi connectivity index (χ4n) is 4.68. The number of hydrogen-bond acceptors (Lipinski definition) is 5. The summed E-state index contributed by atoms with van der Waals surface area (Å²) in [4.78, 5) is 23.1. The summed E-state index contributed by atoms with van der Waals surface area (Å²) in [6.07, 6.45) is 7.60. The molecular weight excluding hydrogens is 426 g/mol. The van der Waals surface area contributed by atoms with Crippen LogP contribution in [0.25, 0.3) is 27.9 Å². The standard InChI is InChI=1S/C27H31N5O2/c1-2-3-17-34-20-15-13-19(14-16-20)32-25(28)23(27(33)29-18-9-5-4-6-10-18)24-26(32)31-22-12-8-7-11-21(22)30-24/h7-8,11-16,18H,2-6,9-10,17,28H2,1H3,(H,29,33). The molecule has 7 heteroatoms. The van der Waals surface area contributed by atoms with Crippen LogP contribution in [0.2, 0.25) is 0 Å². The third-order valence-electron chi connectivity index (χ3n) is 6.53. The summed E-state index contributed by atoms with van der Waals surface area (Å²) in [5, 5.41) is 3.20. The highest BCUT2D eigenvalue weighted by molar-refractivity contribution is 6.11. The Morgan fingerprint density at radius 1 is 1.06 bits per heavy atom. The third kappa shape index (κ3) is 4.30. The highest BCUT2D eigenvalue weighted by Crippen LogP contribution is 2.32. The first-order chi connectivity index (χ1) is 16.7. The van der Waals surface area contributed by atoms with Crippen molar-refractivity contribution >= 4 is 33.9 Å². The molecular formula is C27H31N5O2. The molecule has 1 saturated carbocycles. The van der Waals surface area contributed by atoms with Crippen molar-refractivity contribution in [2.24, 2.45) is 0 Å². The van der Waals surface area contributed by atoms with Gasteiger partial charge in [-0.2, -0.15) is 0 Å². The van der Waals surface area contributed by atoms with Crippen LogP contribution >= 0.6 is 0 Å². The van der Waals surface area contributed by atoms with Crippen molar-refractivity contribution in [3.8, 4) is 11.4 Å². The Morgan fingerprint density at radius 3 is 2.47 bits per heavy atom. The maximum absolute atomic E-state index is 13.4. The molecule has 0 spiro atoms. The number of nitrogen functional groups attached to an aromatic ring is 1. The van der Waals surface area contributed by atoms with Gasteiger partial charge in [0.25, 0.3) is 5.91 Å². The number of amides is 1. The fourth-order valence-corrected chi connectivity index (χ4v) is 4.68. The maximum atomic E-state index is 13.4. The highest BCUT2D eigenvalue weighted by Gasteiger charge is 2.26. The van der Waals surface area contributed by atoms with E-state index in [2.05, 4.69) is 12.2 Å². The summed E-state index contributed by atoms with van der Waals surface area (Å²) < 4.78 is 7.63. The summed E-state index contributed by atoms with van der Waals surface area (Å²) in [5.74, 6) is 0.967. The molecule has 0 unspecified atom stereocenters. The zero-order valence-electron chi connectivity index (χ0n) is 19.6. The smallest absolute Gasteiger partial charge is 0.257 e. The van der Waals surface area contributed by atoms with Gasteiger partial charge in [-0.15, -0.1) is 0 Å². The fraction of sp³-hybridized carbons (Fsp3) is 0.370. The van der Waals surface area contributed by atoms with Gasteiger partial charge in [0.2, 0.25) is 0 Å². The molecule has 1 fully saturated rings. The molecule has 3 N–H and O–H groups in total. The van der Waals surface area contributed by atoms with Crippen LogP contribution in [0.5, 0.6) is 5.75 Å². The first kappa shape index (κ1) is 22.2. The van der Waals surface area contributed by atoms with Crippen molar-refractivity contribution < 1.29 is 9.53 Å². The first-order valence-electron chi connectivity index (χ1n) is 12.3. The summed E-state index contributed by atoms with van der Waals surface area (Å²) in [6.45, 7) is 2.83. The number of anilines is 1. The van der Waals surface area contributed by atoms with Gasteiger partial charge in [-0.25, -0.2) is 9.97 Å². The number of nitrogens with two attached hydrogens (primary N) is 1. The number of ether oxygens (including phenoxy) is 1. The number of nitrogens with zero attached hydrogens (tertiary/aromatic N) is 3. The van der Waals surface area contributed by atoms with E-state index in [1.165, 1.54) is 6.42 Å². The molecule has 1 aliphatic rings. The Morgan fingerprint density at radius 2 is 1.76 bits per heavy atom. The Balaban J connectivity index is 1.58. The topological polar surface area (TPSA) is 95.1 Å². The van der Waals surface area contributed by atoms with E-state index >= 15 is 0 Å². The van der Waals surface area contributed by atoms with Gasteiger partial charge in [0.05, 0.1) is 17.6 Å². The number of unbranched alkanes of at least 4 members (excludes halogenated alkanes) is 1. The summed E-state index contributed by atoms with van der Waals surface area (Å²) in [7, 11) is 0. The number of nitrogens with one attached hydrogen (secondary N) is 1. The number of para-hydroxylation sites is 2. The number of carbonyl (C=O) groups is 1. The third-order valence-corrected chi connectivity index (χ3v) is 6.53. The molecule has 4 aromatic rings. The average Bonchev–Trinajstić information content (AvgIpc) is 3.14. The molecule has 0 aliphatic heterocycles. The minimum atomic E-state index is -0.183. The quantitative estimate of drug-likeness (QED) is 0.363. The highest BCUT2D eigenvalue weighted by atomic mass is 16.5. The number of aromatic nitrogens is 3. The molecule has 1 amide bonds. The van der Waals surface area contributed by atoms with Gasteiger partial charge in [-0.1, -0.05) is 44.7 Å². The van der Waals surface area contributed by atoms with Crippen LogP contribution in [0.1, 0.15) is 62.2 Å². The van der Waals surface area contributed by atoms with Crippen molar-refractivity contribution in [2.75, 3.05) is 12.3 Å². The molecule has 2 heterocycles. The second-order valence-corrected chi connectivity index (χ2v) is 8.98. The minimum Gasteiger partial charge on any atom is -0.494 e. The van der Waals surface area contributed by atoms with Crippen molar-refractivity contribution in [1.82, 2.24) is 19.9 Å². The lowest BCUT2D eigenvalue weighted by molar-refractivity contribution is 0.0930. The van der Waals surface area contributed by atoms with Crippen molar-refractivity contribution in [2.45, 2.75) is 57.9 Å². The van der Waals surface area contributed by atoms with Crippen LogP contribution < -0.4 is 15.8 Å². The second-order valence-electron chi connectivity index (χ2n) is 8.98. The molecule has 176 valence electrons. The summed E-state index contributed by atoms with van der Waals surface area (Å²) in [6, 6.07) is 15.6. The van der Waals surface area contributed by atoms with Crippen molar-refractivity contribution in [1.29, 1.82) is 0 Å². The maximum Gasteiger partial charge on any atom is 0.257 e. The van der Waals surface area contributed by atoms with Crippen LogP contribution in [0.4, 0.5) is 5.82 Å². The van der Waals surface area contributed by atoms with E-state index < -0.39 is 0 Å². The van der Waals surface area contributed by atoms with Gasteiger partial charge >= 0.3 is 0 Å². The lowest BCUT2D eigenvalue weighted by Crippen LogP contribution is -2.36. The first-order valence-corrected chi connectivity index (χ1v) is 12.3. The monoisotopic (exact) mass is 457 g/mol. The van der Waals surface area contributed by atoms with E-state index in [9.17, 15) is 4.79 Å². The van der Waals surface area contributed by atoms with E-state index in [1.807, 2.05) is 53.1 Å². The second kappa shape index (κ2) is 9.71. The molecule has 2 aromatic carbocycles. The van der Waals surface area contributed by atoms with Crippen LogP contribution in [0, 0.1) is 0 Å². The molecule has 0 radical (unpaired) electrons. The largest absolute Gasteiger partial charge is 0.494 e. The van der Waals surface area contributed by atoms with E-state index in [0.29, 0.717) is 29.2 Å². The number of hydrogen-bond donors (Lipinski definition) is 2. The molecule has 0 bridgehead atoms. The SMILES string of the molecule is CCCCOc1ccc(-n2c(N)c(C(=O)NC3CCCCC3)c3nc4ccccc4nc32)cc1. The van der Waals surface area contributed by atoms with E-state index in [-0.39, 0.29) is 11.9 Å². The predicted molar refractivity (Wildman–Crippen MR) is 136 cm³/mol. The molecule has 1 aliphatic carbocycles. The normalized spacial score (nSPS) is 14.5. The molecule has 5 rings (SSSR count). The zero-order valence-corrected chi connectivity index (χ0v) is 19.6. The minimum absolute atomic E-state index is 0.173. The Bertz CT molecular complexity index is 1310. The summed E-state index contributed by atoms with van der Waals surface area (Å²) >= 11 is 0. The van der Waals surface area contributed by atoms with E-state index in [0.717, 1.165) is 61.0 Å². The molecule has 0 atom stereocenters. The molecule has 2 aromatic heterocycles. The lowest BCUT2D eigenvalue weighted by atomic mass is 9.95. The van der Waals surface area contributed by atoms with Crippen LogP contribution in [-0.2, 0) is 0 Å². The number of rotatable bonds is 7. The Labute approximate surface area is 199 Å². The van der Waals surface area contributed by atoms with Gasteiger partial charge in [-0.05, 0) is 55.7 Å². The van der Waals surface area contributed by atoms with Gasteiger partial charge in [0.15, 0.2) is 5.65 Å². The van der Waals surface area contributed by atoms with Gasteiger partial charge in [-0.3, -0.25) is 9.36 Å². The van der Waals surface area contributed by atoms with Gasteiger partial charge in [0, 0.05) is 11.7 Å². The zero-order chi connectivity index (χ0) is 23.5. The average molecular weight is 458 g/mol. The number of carbonyl (C=O) groups excluding carboxylic acids is 1. The number of benzene rings is 2. The van der Waals surface area contributed by atoms with Crippen molar-refractivity contribution in [3.05, 3.63) is 54.1 Å². The van der Waals surface area contributed by atoms with Crippen LogP contribution in [0.3, 0.4) is 0 Å². The number of fused-ring (bicyclic) bond motifs is 2. The van der Waals surface area contributed by atoms with E-state index in [1.54, 1.807) is 0 Å². The lowest BCUT2D eigenvalue weighted by Gasteiger charge is -2.22. The van der Waals surface area contributed by atoms with Crippen LogP contribution in [0.15, 0.2) is 48.5 Å². The molecule has 0 saturated heterocycles. The molecule has 7 nitrogen and oxygen atoms in total. The van der Waals surface area contributed by atoms with Crippen LogP contribution in [-0.4, -0.2) is 33.1 Å². The Kier molecular flexibility index (Phi) is 6.34. The Hall–Kier alpha value is -3.61. The van der Waals surface area contributed by atoms with Gasteiger partial charge < -0.3 is 15.8 Å². The molecule has 34 heavy (non-hydrogen) atoms. The van der Waals surface area contributed by atoms with Crippen molar-refractivity contribution in [3.63, 3.8) is 0 Å². The van der Waals surface area contributed by atoms with E-state index in [4.69, 9.17) is 20.4 Å². The summed E-state index contributed by atoms with van der Waals surface area (Å²) in [5.41, 5.74) is 10.4. The predicted octanol–water partition coefficient (Wildman–Crippen LogP) is 5.40. The van der Waals surface area contributed by atoms with Gasteiger partial charge in [0.1, 0.15) is 22.6 Å².